The number of nitrogens with one attached hydrogen (secondary N) is 3. The van der Waals surface area contributed by atoms with Crippen LogP contribution in [-0.4, -0.2) is 30.0 Å². The molecule has 0 spiro atoms. The molecule has 128 valence electrons. The minimum absolute atomic E-state index is 0.0506. The van der Waals surface area contributed by atoms with Crippen molar-refractivity contribution in [1.82, 2.24) is 5.32 Å². The Kier molecular flexibility index (Phi) is 5.04. The van der Waals surface area contributed by atoms with Crippen molar-refractivity contribution in [3.63, 3.8) is 0 Å². The molecule has 1 aliphatic rings. The number of benzene rings is 2. The zero-order valence-electron chi connectivity index (χ0n) is 13.5. The van der Waals surface area contributed by atoms with Crippen LogP contribution in [0.5, 0.6) is 0 Å². The first-order valence-electron chi connectivity index (χ1n) is 7.75. The van der Waals surface area contributed by atoms with Crippen molar-refractivity contribution in [3.8, 4) is 0 Å². The SMILES string of the molecule is CNC(=O)c1cccc(NC(=O)CC2Sc3ccccc3NC2=O)c1. The molecule has 2 aromatic carbocycles. The van der Waals surface area contributed by atoms with E-state index in [0.29, 0.717) is 11.3 Å². The first-order valence-corrected chi connectivity index (χ1v) is 8.63. The normalized spacial score (nSPS) is 15.7. The van der Waals surface area contributed by atoms with E-state index < -0.39 is 5.25 Å². The van der Waals surface area contributed by atoms with Gasteiger partial charge in [-0.05, 0) is 30.3 Å². The van der Waals surface area contributed by atoms with Gasteiger partial charge in [0.05, 0.1) is 10.9 Å². The fourth-order valence-corrected chi connectivity index (χ4v) is 3.60. The average molecular weight is 355 g/mol. The van der Waals surface area contributed by atoms with Gasteiger partial charge in [-0.3, -0.25) is 14.4 Å². The molecule has 1 atom stereocenters. The summed E-state index contributed by atoms with van der Waals surface area (Å²) in [7, 11) is 1.55. The van der Waals surface area contributed by atoms with Crippen LogP contribution in [0.25, 0.3) is 0 Å². The molecule has 1 unspecified atom stereocenters. The molecule has 0 saturated heterocycles. The molecule has 1 aliphatic heterocycles. The maximum Gasteiger partial charge on any atom is 0.251 e. The molecule has 0 saturated carbocycles. The van der Waals surface area contributed by atoms with Gasteiger partial charge in [-0.1, -0.05) is 18.2 Å². The summed E-state index contributed by atoms with van der Waals surface area (Å²) in [4.78, 5) is 37.0. The summed E-state index contributed by atoms with van der Waals surface area (Å²) in [6.45, 7) is 0. The number of hydrogen-bond donors (Lipinski definition) is 3. The van der Waals surface area contributed by atoms with Crippen molar-refractivity contribution in [2.24, 2.45) is 0 Å². The van der Waals surface area contributed by atoms with Gasteiger partial charge >= 0.3 is 0 Å². The molecular formula is C18H17N3O3S. The van der Waals surface area contributed by atoms with Crippen LogP contribution in [0.1, 0.15) is 16.8 Å². The summed E-state index contributed by atoms with van der Waals surface area (Å²) in [5, 5.41) is 7.60. The second-order valence-electron chi connectivity index (χ2n) is 5.50. The predicted octanol–water partition coefficient (Wildman–Crippen LogP) is 2.49. The van der Waals surface area contributed by atoms with Crippen molar-refractivity contribution in [3.05, 3.63) is 54.1 Å². The van der Waals surface area contributed by atoms with Gasteiger partial charge in [0.1, 0.15) is 0 Å². The molecule has 3 amide bonds. The second-order valence-corrected chi connectivity index (χ2v) is 6.75. The molecule has 25 heavy (non-hydrogen) atoms. The lowest BCUT2D eigenvalue weighted by atomic mass is 10.2. The highest BCUT2D eigenvalue weighted by atomic mass is 32.2. The summed E-state index contributed by atoms with van der Waals surface area (Å²) in [6, 6.07) is 14.1. The van der Waals surface area contributed by atoms with E-state index in [4.69, 9.17) is 0 Å². The minimum atomic E-state index is -0.489. The summed E-state index contributed by atoms with van der Waals surface area (Å²) in [6.07, 6.45) is 0.0506. The third kappa shape index (κ3) is 4.00. The Hall–Kier alpha value is -2.80. The van der Waals surface area contributed by atoms with Gasteiger partial charge < -0.3 is 16.0 Å². The molecule has 3 rings (SSSR count). The van der Waals surface area contributed by atoms with Crippen LogP contribution >= 0.6 is 11.8 Å². The molecule has 1 heterocycles. The van der Waals surface area contributed by atoms with Crippen LogP contribution in [0, 0.1) is 0 Å². The highest BCUT2D eigenvalue weighted by Gasteiger charge is 2.28. The summed E-state index contributed by atoms with van der Waals surface area (Å²) >= 11 is 1.38. The molecule has 2 aromatic rings. The van der Waals surface area contributed by atoms with Crippen LogP contribution in [0.2, 0.25) is 0 Å². The minimum Gasteiger partial charge on any atom is -0.355 e. The lowest BCUT2D eigenvalue weighted by Crippen LogP contribution is -2.32. The van der Waals surface area contributed by atoms with E-state index in [2.05, 4.69) is 16.0 Å². The number of hydrogen-bond acceptors (Lipinski definition) is 4. The third-order valence-corrected chi connectivity index (χ3v) is 4.99. The molecule has 0 fully saturated rings. The maximum atomic E-state index is 12.3. The van der Waals surface area contributed by atoms with Gasteiger partial charge in [-0.25, -0.2) is 0 Å². The molecule has 3 N–H and O–H groups in total. The van der Waals surface area contributed by atoms with Gasteiger partial charge in [0.25, 0.3) is 5.91 Å². The van der Waals surface area contributed by atoms with Crippen LogP contribution < -0.4 is 16.0 Å². The van der Waals surface area contributed by atoms with Gasteiger partial charge in [0.2, 0.25) is 11.8 Å². The van der Waals surface area contributed by atoms with E-state index in [1.807, 2.05) is 24.3 Å². The zero-order chi connectivity index (χ0) is 17.8. The van der Waals surface area contributed by atoms with Gasteiger partial charge in [-0.15, -0.1) is 11.8 Å². The first-order chi connectivity index (χ1) is 12.1. The Morgan fingerprint density at radius 1 is 1.16 bits per heavy atom. The van der Waals surface area contributed by atoms with E-state index in [9.17, 15) is 14.4 Å². The van der Waals surface area contributed by atoms with Crippen LogP contribution in [0.3, 0.4) is 0 Å². The third-order valence-electron chi connectivity index (χ3n) is 3.71. The molecule has 0 aromatic heterocycles. The monoisotopic (exact) mass is 355 g/mol. The van der Waals surface area contributed by atoms with Gasteiger partial charge in [0.15, 0.2) is 0 Å². The zero-order valence-corrected chi connectivity index (χ0v) is 14.4. The highest BCUT2D eigenvalue weighted by molar-refractivity contribution is 8.01. The number of rotatable bonds is 4. The highest BCUT2D eigenvalue weighted by Crippen LogP contribution is 2.36. The molecule has 0 bridgehead atoms. The molecule has 6 nitrogen and oxygen atoms in total. The van der Waals surface area contributed by atoms with Crippen molar-refractivity contribution in [2.45, 2.75) is 16.6 Å². The van der Waals surface area contributed by atoms with Crippen LogP contribution in [-0.2, 0) is 9.59 Å². The number of fused-ring (bicyclic) bond motifs is 1. The largest absolute Gasteiger partial charge is 0.355 e. The Morgan fingerprint density at radius 3 is 2.76 bits per heavy atom. The summed E-state index contributed by atoms with van der Waals surface area (Å²) in [5.74, 6) is -0.686. The second kappa shape index (κ2) is 7.40. The Balaban J connectivity index is 1.65. The smallest absolute Gasteiger partial charge is 0.251 e. The Bertz CT molecular complexity index is 838. The number of amides is 3. The summed E-state index contributed by atoms with van der Waals surface area (Å²) in [5.41, 5.74) is 1.75. The Labute approximate surface area is 149 Å². The molecule has 0 aliphatic carbocycles. The first kappa shape index (κ1) is 17.0. The van der Waals surface area contributed by atoms with E-state index >= 15 is 0 Å². The topological polar surface area (TPSA) is 87.3 Å². The number of carbonyl (C=O) groups excluding carboxylic acids is 3. The van der Waals surface area contributed by atoms with Gasteiger partial charge in [0, 0.05) is 29.6 Å². The number of thioether (sulfide) groups is 1. The lowest BCUT2D eigenvalue weighted by Gasteiger charge is -2.23. The molecular weight excluding hydrogens is 338 g/mol. The number of anilines is 2. The number of carbonyl (C=O) groups is 3. The average Bonchev–Trinajstić information content (AvgIpc) is 2.61. The number of para-hydroxylation sites is 1. The fourth-order valence-electron chi connectivity index (χ4n) is 2.49. The molecule has 0 radical (unpaired) electrons. The van der Waals surface area contributed by atoms with E-state index in [1.54, 1.807) is 31.3 Å². The van der Waals surface area contributed by atoms with Crippen molar-refractivity contribution >= 4 is 40.9 Å². The maximum absolute atomic E-state index is 12.3. The van der Waals surface area contributed by atoms with Crippen LogP contribution in [0.15, 0.2) is 53.4 Å². The van der Waals surface area contributed by atoms with Crippen molar-refractivity contribution in [2.75, 3.05) is 17.7 Å². The summed E-state index contributed by atoms with van der Waals surface area (Å²) < 4.78 is 0. The van der Waals surface area contributed by atoms with Gasteiger partial charge in [-0.2, -0.15) is 0 Å². The quantitative estimate of drug-likeness (QED) is 0.786. The predicted molar refractivity (Wildman–Crippen MR) is 97.8 cm³/mol. The van der Waals surface area contributed by atoms with E-state index in [0.717, 1.165) is 10.6 Å². The van der Waals surface area contributed by atoms with Crippen molar-refractivity contribution < 1.29 is 14.4 Å². The lowest BCUT2D eigenvalue weighted by molar-refractivity contribution is -0.120. The Morgan fingerprint density at radius 2 is 1.96 bits per heavy atom. The van der Waals surface area contributed by atoms with E-state index in [-0.39, 0.29) is 24.1 Å². The molecule has 7 heteroatoms. The fraction of sp³-hybridized carbons (Fsp3) is 0.167. The standard InChI is InChI=1S/C18H17N3O3S/c1-19-17(23)11-5-4-6-12(9-11)20-16(22)10-15-18(24)21-13-7-2-3-8-14(13)25-15/h2-9,15H,10H2,1H3,(H,19,23)(H,20,22)(H,21,24). The van der Waals surface area contributed by atoms with E-state index in [1.165, 1.54) is 11.8 Å². The van der Waals surface area contributed by atoms with Crippen LogP contribution in [0.4, 0.5) is 11.4 Å². The van der Waals surface area contributed by atoms with Crippen molar-refractivity contribution in [1.29, 1.82) is 0 Å².